The Morgan fingerprint density at radius 1 is 1.56 bits per heavy atom. The molecule has 0 bridgehead atoms. The molecule has 0 heterocycles. The van der Waals surface area contributed by atoms with Crippen LogP contribution in [0.1, 0.15) is 20.3 Å². The Morgan fingerprint density at radius 3 is 2.56 bits per heavy atom. The maximum absolute atomic E-state index is 4.21. The Hall–Kier alpha value is -0.170. The minimum Gasteiger partial charge on any atom is -0.144 e. The van der Waals surface area contributed by atoms with Crippen LogP contribution in [0, 0.1) is 5.41 Å². The van der Waals surface area contributed by atoms with Gasteiger partial charge in [-0.2, -0.15) is 0 Å². The van der Waals surface area contributed by atoms with E-state index >= 15 is 0 Å². The molecule has 1 aliphatic carbocycles. The quantitative estimate of drug-likeness (QED) is 0.491. The van der Waals surface area contributed by atoms with Gasteiger partial charge in [-0.05, 0) is 16.7 Å². The summed E-state index contributed by atoms with van der Waals surface area (Å²) >= 11 is 4.21. The molecule has 0 nitrogen and oxygen atoms in total. The summed E-state index contributed by atoms with van der Waals surface area (Å²) in [5.41, 5.74) is 0.353. The molecule has 1 rings (SSSR count). The molecule has 50 valence electrons. The lowest BCUT2D eigenvalue weighted by Gasteiger charge is -2.20. The van der Waals surface area contributed by atoms with Gasteiger partial charge < -0.3 is 0 Å². The number of rotatable bonds is 0. The molecular formula is C8H12S. The van der Waals surface area contributed by atoms with Crippen molar-refractivity contribution in [2.45, 2.75) is 20.3 Å². The first-order valence-electron chi connectivity index (χ1n) is 3.18. The highest BCUT2D eigenvalue weighted by Crippen LogP contribution is 2.28. The smallest absolute Gasteiger partial charge is 0.000265 e. The van der Waals surface area contributed by atoms with Crippen LogP contribution in [0.15, 0.2) is 23.1 Å². The van der Waals surface area contributed by atoms with Crippen molar-refractivity contribution in [3.8, 4) is 0 Å². The molecule has 0 aromatic rings. The Morgan fingerprint density at radius 2 is 2.22 bits per heavy atom. The lowest BCUT2D eigenvalue weighted by atomic mass is 9.86. The van der Waals surface area contributed by atoms with E-state index in [4.69, 9.17) is 0 Å². The van der Waals surface area contributed by atoms with Crippen molar-refractivity contribution >= 4 is 12.6 Å². The van der Waals surface area contributed by atoms with Gasteiger partial charge in [0.25, 0.3) is 0 Å². The number of thiol groups is 1. The molecule has 0 unspecified atom stereocenters. The largest absolute Gasteiger partial charge is 0.144 e. The summed E-state index contributed by atoms with van der Waals surface area (Å²) in [6.45, 7) is 4.44. The molecule has 0 N–H and O–H groups in total. The monoisotopic (exact) mass is 140 g/mol. The summed E-state index contributed by atoms with van der Waals surface area (Å²) in [7, 11) is 0. The van der Waals surface area contributed by atoms with Crippen molar-refractivity contribution < 1.29 is 0 Å². The minimum atomic E-state index is 0.353. The molecule has 0 aromatic heterocycles. The summed E-state index contributed by atoms with van der Waals surface area (Å²) in [5, 5.41) is 0. The predicted octanol–water partition coefficient (Wildman–Crippen LogP) is 2.79. The first kappa shape index (κ1) is 6.94. The van der Waals surface area contributed by atoms with E-state index in [-0.39, 0.29) is 0 Å². The molecule has 0 radical (unpaired) electrons. The fourth-order valence-electron chi connectivity index (χ4n) is 0.815. The molecule has 0 amide bonds. The third-order valence-corrected chi connectivity index (χ3v) is 1.87. The summed E-state index contributed by atoms with van der Waals surface area (Å²) in [6, 6.07) is 0. The van der Waals surface area contributed by atoms with E-state index in [0.717, 1.165) is 11.3 Å². The van der Waals surface area contributed by atoms with Gasteiger partial charge in [0.2, 0.25) is 0 Å². The van der Waals surface area contributed by atoms with Gasteiger partial charge in [0.1, 0.15) is 0 Å². The van der Waals surface area contributed by atoms with Crippen molar-refractivity contribution in [2.75, 3.05) is 0 Å². The van der Waals surface area contributed by atoms with E-state index in [0.29, 0.717) is 5.41 Å². The van der Waals surface area contributed by atoms with Crippen molar-refractivity contribution in [3.05, 3.63) is 23.1 Å². The van der Waals surface area contributed by atoms with E-state index in [1.54, 1.807) is 0 Å². The van der Waals surface area contributed by atoms with Crippen molar-refractivity contribution in [3.63, 3.8) is 0 Å². The van der Waals surface area contributed by atoms with Crippen LogP contribution >= 0.6 is 12.6 Å². The molecular weight excluding hydrogens is 128 g/mol. The Bertz CT molecular complexity index is 163. The number of allylic oxidation sites excluding steroid dienone is 3. The van der Waals surface area contributed by atoms with Crippen molar-refractivity contribution in [2.24, 2.45) is 5.41 Å². The molecule has 1 heteroatoms. The number of hydrogen-bond donors (Lipinski definition) is 1. The van der Waals surface area contributed by atoms with Crippen LogP contribution < -0.4 is 0 Å². The third kappa shape index (κ3) is 1.90. The molecule has 0 fully saturated rings. The molecule has 0 aliphatic heterocycles. The van der Waals surface area contributed by atoms with Gasteiger partial charge in [-0.3, -0.25) is 0 Å². The van der Waals surface area contributed by atoms with E-state index < -0.39 is 0 Å². The second kappa shape index (κ2) is 2.22. The lowest BCUT2D eigenvalue weighted by Crippen LogP contribution is -2.07. The van der Waals surface area contributed by atoms with Crippen LogP contribution in [0.25, 0.3) is 0 Å². The molecule has 0 aromatic carbocycles. The Balaban J connectivity index is 2.70. The van der Waals surface area contributed by atoms with Crippen LogP contribution in [-0.2, 0) is 0 Å². The highest BCUT2D eigenvalue weighted by atomic mass is 32.1. The van der Waals surface area contributed by atoms with E-state index in [1.165, 1.54) is 0 Å². The maximum Gasteiger partial charge on any atom is -0.000265 e. The maximum atomic E-state index is 4.21. The lowest BCUT2D eigenvalue weighted by molar-refractivity contribution is 0.484. The van der Waals surface area contributed by atoms with Gasteiger partial charge in [0.05, 0.1) is 0 Å². The first-order valence-corrected chi connectivity index (χ1v) is 3.63. The summed E-state index contributed by atoms with van der Waals surface area (Å²) < 4.78 is 0. The molecule has 9 heavy (non-hydrogen) atoms. The fourth-order valence-corrected chi connectivity index (χ4v) is 0.980. The minimum absolute atomic E-state index is 0.353. The molecule has 0 saturated heterocycles. The van der Waals surface area contributed by atoms with E-state index in [1.807, 2.05) is 0 Å². The molecule has 0 saturated carbocycles. The zero-order valence-electron chi connectivity index (χ0n) is 5.89. The van der Waals surface area contributed by atoms with Crippen molar-refractivity contribution in [1.82, 2.24) is 0 Å². The molecule has 1 aliphatic rings. The standard InChI is InChI=1S/C8H12S/c1-8(2)5-3-7(9)4-6-8/h3-5,9H,6H2,1-2H3. The van der Waals surface area contributed by atoms with E-state index in [9.17, 15) is 0 Å². The van der Waals surface area contributed by atoms with E-state index in [2.05, 4.69) is 44.7 Å². The highest BCUT2D eigenvalue weighted by molar-refractivity contribution is 7.84. The average Bonchev–Trinajstić information content (AvgIpc) is 1.78. The molecule has 0 spiro atoms. The third-order valence-electron chi connectivity index (χ3n) is 1.54. The molecule has 0 atom stereocenters. The predicted molar refractivity (Wildman–Crippen MR) is 44.6 cm³/mol. The zero-order chi connectivity index (χ0) is 6.91. The van der Waals surface area contributed by atoms with Crippen LogP contribution in [0.3, 0.4) is 0 Å². The topological polar surface area (TPSA) is 0 Å². The second-order valence-corrected chi connectivity index (χ2v) is 3.67. The van der Waals surface area contributed by atoms with Gasteiger partial charge in [-0.25, -0.2) is 0 Å². The van der Waals surface area contributed by atoms with Crippen LogP contribution in [0.2, 0.25) is 0 Å². The Kier molecular flexibility index (Phi) is 1.71. The first-order chi connectivity index (χ1) is 4.10. The SMILES string of the molecule is CC1(C)C=CC(S)=CC1. The van der Waals surface area contributed by atoms with Gasteiger partial charge in [-0.15, -0.1) is 12.6 Å². The van der Waals surface area contributed by atoms with Crippen LogP contribution in [-0.4, -0.2) is 0 Å². The Labute approximate surface area is 62.1 Å². The summed E-state index contributed by atoms with van der Waals surface area (Å²) in [4.78, 5) is 1.09. The zero-order valence-corrected chi connectivity index (χ0v) is 6.78. The normalized spacial score (nSPS) is 23.7. The average molecular weight is 140 g/mol. The van der Waals surface area contributed by atoms with Crippen LogP contribution in [0.4, 0.5) is 0 Å². The van der Waals surface area contributed by atoms with Gasteiger partial charge in [-0.1, -0.05) is 32.1 Å². The summed E-state index contributed by atoms with van der Waals surface area (Å²) in [6.07, 6.45) is 7.54. The van der Waals surface area contributed by atoms with Gasteiger partial charge >= 0.3 is 0 Å². The van der Waals surface area contributed by atoms with Crippen molar-refractivity contribution in [1.29, 1.82) is 0 Å². The second-order valence-electron chi connectivity index (χ2n) is 3.16. The van der Waals surface area contributed by atoms with Crippen LogP contribution in [0.5, 0.6) is 0 Å². The fraction of sp³-hybridized carbons (Fsp3) is 0.500. The summed E-state index contributed by atoms with van der Waals surface area (Å²) in [5.74, 6) is 0. The highest BCUT2D eigenvalue weighted by Gasteiger charge is 2.14. The van der Waals surface area contributed by atoms with Gasteiger partial charge in [0.15, 0.2) is 0 Å². The van der Waals surface area contributed by atoms with Gasteiger partial charge in [0, 0.05) is 0 Å². The number of hydrogen-bond acceptors (Lipinski definition) is 1.